The molecule has 0 amide bonds. The summed E-state index contributed by atoms with van der Waals surface area (Å²) in [6.07, 6.45) is 0.802. The molecule has 4 nitrogen and oxygen atoms in total. The highest BCUT2D eigenvalue weighted by molar-refractivity contribution is 7.99. The Morgan fingerprint density at radius 1 is 1.32 bits per heavy atom. The van der Waals surface area contributed by atoms with Gasteiger partial charge in [0.2, 0.25) is 10.0 Å². The second kappa shape index (κ2) is 5.90. The van der Waals surface area contributed by atoms with Crippen LogP contribution in [0.1, 0.15) is 12.0 Å². The second-order valence-corrected chi connectivity index (χ2v) is 7.29. The van der Waals surface area contributed by atoms with Crippen LogP contribution in [0, 0.1) is 17.1 Å². The third kappa shape index (κ3) is 3.08. The summed E-state index contributed by atoms with van der Waals surface area (Å²) in [5.74, 6) is 0.998. The molecule has 0 aromatic heterocycles. The normalized spacial score (nSPS) is 17.7. The average molecular weight is 300 g/mol. The molecule has 0 unspecified atom stereocenters. The summed E-state index contributed by atoms with van der Waals surface area (Å²) in [4.78, 5) is -0.0163. The molecule has 1 aliphatic rings. The lowest BCUT2D eigenvalue weighted by atomic mass is 10.2. The smallest absolute Gasteiger partial charge is 0.207 e. The monoisotopic (exact) mass is 300 g/mol. The molecule has 19 heavy (non-hydrogen) atoms. The van der Waals surface area contributed by atoms with Gasteiger partial charge < -0.3 is 0 Å². The topological polar surface area (TPSA) is 61.2 Å². The van der Waals surface area contributed by atoms with Crippen LogP contribution in [0.25, 0.3) is 0 Å². The van der Waals surface area contributed by atoms with Gasteiger partial charge in [0.25, 0.3) is 0 Å². The first kappa shape index (κ1) is 14.3. The minimum absolute atomic E-state index is 0.0163. The fourth-order valence-electron chi connectivity index (χ4n) is 1.86. The molecular weight excluding hydrogens is 287 g/mol. The van der Waals surface area contributed by atoms with Crippen molar-refractivity contribution in [2.45, 2.75) is 11.3 Å². The van der Waals surface area contributed by atoms with Crippen LogP contribution in [0.4, 0.5) is 4.39 Å². The lowest BCUT2D eigenvalue weighted by Gasteiger charge is -2.19. The maximum atomic E-state index is 13.2. The van der Waals surface area contributed by atoms with Gasteiger partial charge in [0.05, 0.1) is 10.5 Å². The Bertz CT molecular complexity index is 603. The number of nitriles is 1. The van der Waals surface area contributed by atoms with Crippen LogP contribution in [-0.2, 0) is 10.0 Å². The van der Waals surface area contributed by atoms with Crippen molar-refractivity contribution in [3.8, 4) is 6.07 Å². The number of rotatable bonds is 2. The largest absolute Gasteiger partial charge is 0.243 e. The minimum atomic E-state index is -3.63. The highest BCUT2D eigenvalue weighted by atomic mass is 32.2. The number of benzene rings is 1. The summed E-state index contributed by atoms with van der Waals surface area (Å²) in [6.45, 7) is 0.918. The predicted molar refractivity (Wildman–Crippen MR) is 71.8 cm³/mol. The fourth-order valence-corrected chi connectivity index (χ4v) is 4.37. The SMILES string of the molecule is N#Cc1cc(S(=O)(=O)N2CCCSCC2)ccc1F. The van der Waals surface area contributed by atoms with Crippen LogP contribution in [0.15, 0.2) is 23.1 Å². The van der Waals surface area contributed by atoms with E-state index in [1.54, 1.807) is 17.8 Å². The van der Waals surface area contributed by atoms with E-state index in [0.29, 0.717) is 13.1 Å². The molecule has 2 rings (SSSR count). The first-order valence-corrected chi connectivity index (χ1v) is 8.43. The summed E-state index contributed by atoms with van der Waals surface area (Å²) < 4.78 is 39.4. The summed E-state index contributed by atoms with van der Waals surface area (Å²) in [7, 11) is -3.63. The molecule has 1 aromatic carbocycles. The number of hydrogen-bond donors (Lipinski definition) is 0. The van der Waals surface area contributed by atoms with Gasteiger partial charge in [-0.2, -0.15) is 21.3 Å². The second-order valence-electron chi connectivity index (χ2n) is 4.12. The van der Waals surface area contributed by atoms with Gasteiger partial charge in [-0.25, -0.2) is 12.8 Å². The van der Waals surface area contributed by atoms with Crippen LogP contribution in [0.2, 0.25) is 0 Å². The molecule has 0 radical (unpaired) electrons. The molecule has 1 aliphatic heterocycles. The van der Waals surface area contributed by atoms with Crippen molar-refractivity contribution in [1.82, 2.24) is 4.31 Å². The molecule has 1 heterocycles. The molecule has 7 heteroatoms. The van der Waals surface area contributed by atoms with Crippen LogP contribution in [0.5, 0.6) is 0 Å². The van der Waals surface area contributed by atoms with Crippen molar-refractivity contribution in [1.29, 1.82) is 5.26 Å². The van der Waals surface area contributed by atoms with Crippen LogP contribution >= 0.6 is 11.8 Å². The molecule has 0 spiro atoms. The van der Waals surface area contributed by atoms with Crippen LogP contribution in [-0.4, -0.2) is 37.3 Å². The lowest BCUT2D eigenvalue weighted by molar-refractivity contribution is 0.435. The van der Waals surface area contributed by atoms with Crippen molar-refractivity contribution in [2.75, 3.05) is 24.6 Å². The van der Waals surface area contributed by atoms with Crippen molar-refractivity contribution < 1.29 is 12.8 Å². The first-order valence-electron chi connectivity index (χ1n) is 5.83. The summed E-state index contributed by atoms with van der Waals surface area (Å²) in [5, 5.41) is 8.76. The van der Waals surface area contributed by atoms with Gasteiger partial charge in [0.1, 0.15) is 11.9 Å². The van der Waals surface area contributed by atoms with Gasteiger partial charge >= 0.3 is 0 Å². The van der Waals surface area contributed by atoms with Crippen molar-refractivity contribution in [3.63, 3.8) is 0 Å². The molecule has 0 aliphatic carbocycles. The van der Waals surface area contributed by atoms with Crippen molar-refractivity contribution >= 4 is 21.8 Å². The summed E-state index contributed by atoms with van der Waals surface area (Å²) in [5.41, 5.74) is -0.245. The maximum absolute atomic E-state index is 13.2. The predicted octanol–water partition coefficient (Wildman–Crippen LogP) is 1.82. The third-order valence-electron chi connectivity index (χ3n) is 2.88. The standard InChI is InChI=1S/C12H13FN2O2S2/c13-12-3-2-11(8-10(12)9-14)19(16,17)15-4-1-6-18-7-5-15/h2-3,8H,1,4-7H2. The number of sulfonamides is 1. The zero-order valence-corrected chi connectivity index (χ0v) is 11.8. The van der Waals surface area contributed by atoms with Gasteiger partial charge in [0, 0.05) is 18.8 Å². The number of halogens is 1. The zero-order chi connectivity index (χ0) is 13.9. The molecular formula is C12H13FN2O2S2. The zero-order valence-electron chi connectivity index (χ0n) is 10.2. The number of nitrogens with zero attached hydrogens (tertiary/aromatic N) is 2. The first-order chi connectivity index (χ1) is 9.05. The van der Waals surface area contributed by atoms with E-state index < -0.39 is 15.8 Å². The summed E-state index contributed by atoms with van der Waals surface area (Å²) in [6, 6.07) is 5.00. The van der Waals surface area contributed by atoms with E-state index in [1.807, 2.05) is 0 Å². The van der Waals surface area contributed by atoms with Gasteiger partial charge in [-0.3, -0.25) is 0 Å². The van der Waals surface area contributed by atoms with Crippen LogP contribution < -0.4 is 0 Å². The highest BCUT2D eigenvalue weighted by Gasteiger charge is 2.25. The van der Waals surface area contributed by atoms with Crippen molar-refractivity contribution in [2.24, 2.45) is 0 Å². The number of thioether (sulfide) groups is 1. The molecule has 0 atom stereocenters. The Balaban J connectivity index is 2.36. The Morgan fingerprint density at radius 2 is 2.11 bits per heavy atom. The molecule has 1 aromatic rings. The Hall–Kier alpha value is -1.10. The highest BCUT2D eigenvalue weighted by Crippen LogP contribution is 2.21. The maximum Gasteiger partial charge on any atom is 0.243 e. The van der Waals surface area contributed by atoms with E-state index in [0.717, 1.165) is 30.1 Å². The minimum Gasteiger partial charge on any atom is -0.207 e. The Labute approximate surface area is 116 Å². The van der Waals surface area contributed by atoms with Crippen LogP contribution in [0.3, 0.4) is 0 Å². The molecule has 0 N–H and O–H groups in total. The fraction of sp³-hybridized carbons (Fsp3) is 0.417. The molecule has 0 saturated carbocycles. The third-order valence-corrected chi connectivity index (χ3v) is 5.82. The average Bonchev–Trinajstić information content (AvgIpc) is 2.68. The van der Waals surface area contributed by atoms with E-state index >= 15 is 0 Å². The molecule has 102 valence electrons. The Morgan fingerprint density at radius 3 is 2.84 bits per heavy atom. The lowest BCUT2D eigenvalue weighted by Crippen LogP contribution is -2.33. The molecule has 0 bridgehead atoms. The van der Waals surface area contributed by atoms with E-state index in [4.69, 9.17) is 5.26 Å². The van der Waals surface area contributed by atoms with E-state index in [9.17, 15) is 12.8 Å². The van der Waals surface area contributed by atoms with Gasteiger partial charge in [-0.05, 0) is 30.4 Å². The quantitative estimate of drug-likeness (QED) is 0.836. The summed E-state index contributed by atoms with van der Waals surface area (Å²) >= 11 is 1.72. The van der Waals surface area contributed by atoms with E-state index in [1.165, 1.54) is 10.4 Å². The van der Waals surface area contributed by atoms with Gasteiger partial charge in [0.15, 0.2) is 0 Å². The number of hydrogen-bond acceptors (Lipinski definition) is 4. The van der Waals surface area contributed by atoms with Crippen molar-refractivity contribution in [3.05, 3.63) is 29.6 Å². The molecule has 1 fully saturated rings. The Kier molecular flexibility index (Phi) is 4.45. The van der Waals surface area contributed by atoms with E-state index in [2.05, 4.69) is 0 Å². The van der Waals surface area contributed by atoms with Gasteiger partial charge in [-0.1, -0.05) is 0 Å². The van der Waals surface area contributed by atoms with E-state index in [-0.39, 0.29) is 10.5 Å². The van der Waals surface area contributed by atoms with Gasteiger partial charge in [-0.15, -0.1) is 0 Å². The molecule has 1 saturated heterocycles.